The molecule has 27 heavy (non-hydrogen) atoms. The van der Waals surface area contributed by atoms with Crippen molar-refractivity contribution in [3.05, 3.63) is 60.2 Å². The van der Waals surface area contributed by atoms with Crippen LogP contribution in [0.3, 0.4) is 0 Å². The number of carbonyl (C=O) groups is 1. The van der Waals surface area contributed by atoms with Crippen LogP contribution in [0.1, 0.15) is 25.3 Å². The highest BCUT2D eigenvalue weighted by molar-refractivity contribution is 7.89. The van der Waals surface area contributed by atoms with Crippen molar-refractivity contribution in [2.75, 3.05) is 20.2 Å². The lowest BCUT2D eigenvalue weighted by Crippen LogP contribution is -2.29. The molecule has 2 rings (SSSR count). The molecule has 2 aromatic rings. The van der Waals surface area contributed by atoms with E-state index >= 15 is 0 Å². The molecule has 0 saturated heterocycles. The minimum absolute atomic E-state index is 0.102. The molecule has 6 nitrogen and oxygen atoms in total. The Morgan fingerprint density at radius 3 is 2.37 bits per heavy atom. The lowest BCUT2D eigenvalue weighted by molar-refractivity contribution is -0.121. The van der Waals surface area contributed by atoms with Gasteiger partial charge in [0.15, 0.2) is 0 Å². The molecular weight excluding hydrogens is 364 g/mol. The molecule has 7 heteroatoms. The van der Waals surface area contributed by atoms with E-state index in [1.807, 2.05) is 31.2 Å². The normalized spacial score (nSPS) is 11.4. The van der Waals surface area contributed by atoms with E-state index in [4.69, 9.17) is 4.74 Å². The van der Waals surface area contributed by atoms with Crippen LogP contribution in [0, 0.1) is 0 Å². The summed E-state index contributed by atoms with van der Waals surface area (Å²) in [5, 5.41) is 2.85. The minimum atomic E-state index is -3.51. The molecule has 0 aliphatic carbocycles. The number of hydrogen-bond donors (Lipinski definition) is 1. The highest BCUT2D eigenvalue weighted by Crippen LogP contribution is 2.14. The maximum atomic E-state index is 12.4. The van der Waals surface area contributed by atoms with Gasteiger partial charge in [0, 0.05) is 26.6 Å². The van der Waals surface area contributed by atoms with E-state index in [0.717, 1.165) is 11.3 Å². The number of amides is 1. The van der Waals surface area contributed by atoms with Gasteiger partial charge in [-0.25, -0.2) is 12.7 Å². The molecule has 1 amide bonds. The van der Waals surface area contributed by atoms with E-state index in [-0.39, 0.29) is 23.8 Å². The van der Waals surface area contributed by atoms with Crippen LogP contribution in [0.4, 0.5) is 0 Å². The number of sulfonamides is 1. The monoisotopic (exact) mass is 390 g/mol. The van der Waals surface area contributed by atoms with Crippen LogP contribution < -0.4 is 10.1 Å². The van der Waals surface area contributed by atoms with Gasteiger partial charge in [-0.2, -0.15) is 0 Å². The number of carbonyl (C=O) groups excluding carboxylic acids is 1. The van der Waals surface area contributed by atoms with Gasteiger partial charge in [0.2, 0.25) is 15.9 Å². The lowest BCUT2D eigenvalue weighted by Gasteiger charge is -2.17. The van der Waals surface area contributed by atoms with Crippen LogP contribution >= 0.6 is 0 Å². The Morgan fingerprint density at radius 2 is 1.74 bits per heavy atom. The zero-order valence-electron chi connectivity index (χ0n) is 15.7. The molecule has 0 radical (unpaired) electrons. The van der Waals surface area contributed by atoms with Crippen molar-refractivity contribution in [3.8, 4) is 5.75 Å². The molecule has 0 heterocycles. The second kappa shape index (κ2) is 10.1. The molecule has 1 N–H and O–H groups in total. The van der Waals surface area contributed by atoms with Crippen LogP contribution in [0.2, 0.25) is 0 Å². The Balaban J connectivity index is 1.74. The van der Waals surface area contributed by atoms with Crippen molar-refractivity contribution in [1.29, 1.82) is 0 Å². The first kappa shape index (κ1) is 20.9. The van der Waals surface area contributed by atoms with Crippen LogP contribution in [-0.4, -0.2) is 38.8 Å². The lowest BCUT2D eigenvalue weighted by atomic mass is 10.2. The quantitative estimate of drug-likeness (QED) is 0.677. The number of hydrogen-bond acceptors (Lipinski definition) is 4. The number of rotatable bonds is 10. The minimum Gasteiger partial charge on any atom is -0.494 e. The van der Waals surface area contributed by atoms with Gasteiger partial charge in [-0.05, 0) is 43.2 Å². The number of benzene rings is 2. The van der Waals surface area contributed by atoms with E-state index in [2.05, 4.69) is 5.32 Å². The van der Waals surface area contributed by atoms with Crippen LogP contribution in [0.15, 0.2) is 59.5 Å². The largest absolute Gasteiger partial charge is 0.494 e. The van der Waals surface area contributed by atoms with Gasteiger partial charge in [-0.15, -0.1) is 0 Å². The third kappa shape index (κ3) is 6.37. The first-order valence-corrected chi connectivity index (χ1v) is 10.4. The summed E-state index contributed by atoms with van der Waals surface area (Å²) in [5.41, 5.74) is 0.982. The zero-order valence-corrected chi connectivity index (χ0v) is 16.5. The van der Waals surface area contributed by atoms with E-state index in [1.54, 1.807) is 30.3 Å². The Hall–Kier alpha value is -2.38. The summed E-state index contributed by atoms with van der Waals surface area (Å²) < 4.78 is 31.5. The summed E-state index contributed by atoms with van der Waals surface area (Å²) in [5.74, 6) is 0.699. The smallest absolute Gasteiger partial charge is 0.242 e. The Kier molecular flexibility index (Phi) is 7.82. The Bertz CT molecular complexity index is 821. The molecule has 0 aromatic heterocycles. The third-order valence-corrected chi connectivity index (χ3v) is 5.92. The summed E-state index contributed by atoms with van der Waals surface area (Å²) in [6, 6.07) is 15.8. The van der Waals surface area contributed by atoms with Gasteiger partial charge < -0.3 is 10.1 Å². The van der Waals surface area contributed by atoms with Crippen LogP contribution in [-0.2, 0) is 21.4 Å². The average Bonchev–Trinajstić information content (AvgIpc) is 2.68. The molecule has 0 fully saturated rings. The molecule has 0 unspecified atom stereocenters. The van der Waals surface area contributed by atoms with Crippen molar-refractivity contribution in [2.24, 2.45) is 0 Å². The standard InChI is InChI=1S/C20H26N2O4S/c1-3-26-18-13-11-17(12-14-18)16-21-20(23)10-7-15-22(2)27(24,25)19-8-5-4-6-9-19/h4-6,8-9,11-14H,3,7,10,15-16H2,1-2H3,(H,21,23). The van der Waals surface area contributed by atoms with Gasteiger partial charge >= 0.3 is 0 Å². The van der Waals surface area contributed by atoms with Crippen molar-refractivity contribution in [1.82, 2.24) is 9.62 Å². The summed E-state index contributed by atoms with van der Waals surface area (Å²) in [7, 11) is -1.98. The predicted molar refractivity (Wildman–Crippen MR) is 105 cm³/mol. The SMILES string of the molecule is CCOc1ccc(CNC(=O)CCCN(C)S(=O)(=O)c2ccccc2)cc1. The molecule has 2 aromatic carbocycles. The summed E-state index contributed by atoms with van der Waals surface area (Å²) in [6.45, 7) is 3.26. The van der Waals surface area contributed by atoms with Crippen molar-refractivity contribution in [3.63, 3.8) is 0 Å². The second-order valence-corrected chi connectivity index (χ2v) is 8.14. The van der Waals surface area contributed by atoms with E-state index in [9.17, 15) is 13.2 Å². The molecule has 0 saturated carbocycles. The molecule has 0 spiro atoms. The molecule has 0 bridgehead atoms. The van der Waals surface area contributed by atoms with Crippen molar-refractivity contribution in [2.45, 2.75) is 31.2 Å². The van der Waals surface area contributed by atoms with Gasteiger partial charge in [-0.1, -0.05) is 30.3 Å². The maximum absolute atomic E-state index is 12.4. The number of ether oxygens (including phenoxy) is 1. The van der Waals surface area contributed by atoms with Crippen molar-refractivity contribution >= 4 is 15.9 Å². The summed E-state index contributed by atoms with van der Waals surface area (Å²) in [6.07, 6.45) is 0.726. The van der Waals surface area contributed by atoms with E-state index < -0.39 is 10.0 Å². The van der Waals surface area contributed by atoms with Gasteiger partial charge in [0.05, 0.1) is 11.5 Å². The molecular formula is C20H26N2O4S. The first-order valence-electron chi connectivity index (χ1n) is 8.93. The zero-order chi connectivity index (χ0) is 19.7. The Labute approximate surface area is 161 Å². The van der Waals surface area contributed by atoms with Crippen molar-refractivity contribution < 1.29 is 17.9 Å². The third-order valence-electron chi connectivity index (χ3n) is 4.05. The fourth-order valence-corrected chi connectivity index (χ4v) is 3.74. The molecule has 0 atom stereocenters. The second-order valence-electron chi connectivity index (χ2n) is 6.10. The average molecular weight is 391 g/mol. The molecule has 146 valence electrons. The highest BCUT2D eigenvalue weighted by atomic mass is 32.2. The van der Waals surface area contributed by atoms with Gasteiger partial charge in [0.1, 0.15) is 5.75 Å². The summed E-state index contributed by atoms with van der Waals surface area (Å²) >= 11 is 0. The number of nitrogens with zero attached hydrogens (tertiary/aromatic N) is 1. The van der Waals surface area contributed by atoms with Gasteiger partial charge in [-0.3, -0.25) is 4.79 Å². The van der Waals surface area contributed by atoms with E-state index in [0.29, 0.717) is 19.6 Å². The van der Waals surface area contributed by atoms with Crippen LogP contribution in [0.5, 0.6) is 5.75 Å². The Morgan fingerprint density at radius 1 is 1.07 bits per heavy atom. The molecule has 0 aliphatic rings. The van der Waals surface area contributed by atoms with Crippen LogP contribution in [0.25, 0.3) is 0 Å². The predicted octanol–water partition coefficient (Wildman–Crippen LogP) is 2.80. The fraction of sp³-hybridized carbons (Fsp3) is 0.350. The molecule has 0 aliphatic heterocycles. The highest BCUT2D eigenvalue weighted by Gasteiger charge is 2.19. The van der Waals surface area contributed by atoms with Gasteiger partial charge in [0.25, 0.3) is 0 Å². The summed E-state index contributed by atoms with van der Waals surface area (Å²) in [4.78, 5) is 12.2. The van der Waals surface area contributed by atoms with E-state index in [1.165, 1.54) is 11.4 Å². The topological polar surface area (TPSA) is 75.7 Å². The fourth-order valence-electron chi connectivity index (χ4n) is 2.51. The number of nitrogens with one attached hydrogen (secondary N) is 1. The maximum Gasteiger partial charge on any atom is 0.242 e. The first-order chi connectivity index (χ1) is 12.9.